The first-order chi connectivity index (χ1) is 9.54. The Morgan fingerprint density at radius 1 is 1.35 bits per heavy atom. The fraction of sp³-hybridized carbons (Fsp3) is 1.00. The normalized spacial score (nSPS) is 27.4. The van der Waals surface area contributed by atoms with E-state index in [1.54, 1.807) is 0 Å². The van der Waals surface area contributed by atoms with Crippen LogP contribution in [0, 0.1) is 0 Å². The molecule has 0 amide bonds. The predicted molar refractivity (Wildman–Crippen MR) is 84.1 cm³/mol. The van der Waals surface area contributed by atoms with Crippen molar-refractivity contribution in [3.63, 3.8) is 0 Å². The molecule has 0 radical (unpaired) electrons. The minimum atomic E-state index is -0.114. The van der Waals surface area contributed by atoms with Gasteiger partial charge in [0, 0.05) is 18.1 Å². The topological polar surface area (TPSA) is 44.7 Å². The fourth-order valence-electron chi connectivity index (χ4n) is 3.04. The molecule has 3 atom stereocenters. The molecular weight excluding hydrogens is 252 g/mol. The Morgan fingerprint density at radius 3 is 2.70 bits per heavy atom. The molecule has 0 saturated carbocycles. The number of nitrogens with one attached hydrogen (secondary N) is 1. The molecule has 1 fully saturated rings. The van der Waals surface area contributed by atoms with E-state index in [1.165, 1.54) is 12.8 Å². The van der Waals surface area contributed by atoms with Gasteiger partial charge in [0.05, 0.1) is 19.3 Å². The molecule has 1 aliphatic heterocycles. The number of rotatable bonds is 9. The van der Waals surface area contributed by atoms with Crippen LogP contribution < -0.4 is 5.32 Å². The maximum absolute atomic E-state index is 9.49. The molecule has 20 heavy (non-hydrogen) atoms. The molecule has 0 aromatic carbocycles. The number of unbranched alkanes of at least 4 members (excludes halogenated alkanes) is 1. The summed E-state index contributed by atoms with van der Waals surface area (Å²) in [7, 11) is 0. The maximum Gasteiger partial charge on any atom is 0.0674 e. The molecule has 1 rings (SSSR count). The van der Waals surface area contributed by atoms with Gasteiger partial charge in [-0.2, -0.15) is 0 Å². The zero-order valence-electron chi connectivity index (χ0n) is 13.8. The lowest BCUT2D eigenvalue weighted by Crippen LogP contribution is -2.49. The summed E-state index contributed by atoms with van der Waals surface area (Å²) < 4.78 is 5.74. The van der Waals surface area contributed by atoms with Gasteiger partial charge in [-0.25, -0.2) is 0 Å². The van der Waals surface area contributed by atoms with Gasteiger partial charge in [0.15, 0.2) is 0 Å². The van der Waals surface area contributed by atoms with Gasteiger partial charge in [-0.15, -0.1) is 0 Å². The summed E-state index contributed by atoms with van der Waals surface area (Å²) in [6.07, 6.45) is 4.92. The second kappa shape index (κ2) is 8.98. The molecule has 4 heteroatoms. The zero-order valence-corrected chi connectivity index (χ0v) is 13.8. The first kappa shape index (κ1) is 17.9. The third kappa shape index (κ3) is 5.68. The van der Waals surface area contributed by atoms with Gasteiger partial charge >= 0.3 is 0 Å². The number of ether oxygens (including phenoxy) is 1. The smallest absolute Gasteiger partial charge is 0.0674 e. The summed E-state index contributed by atoms with van der Waals surface area (Å²) in [6, 6.07) is 0.587. The van der Waals surface area contributed by atoms with E-state index in [1.807, 2.05) is 0 Å². The van der Waals surface area contributed by atoms with Crippen LogP contribution in [0.15, 0.2) is 0 Å². The molecule has 0 bridgehead atoms. The molecule has 4 nitrogen and oxygen atoms in total. The van der Waals surface area contributed by atoms with Crippen LogP contribution in [0.25, 0.3) is 0 Å². The lowest BCUT2D eigenvalue weighted by atomic mass is 9.95. The Hall–Kier alpha value is -0.160. The van der Waals surface area contributed by atoms with Gasteiger partial charge in [0.2, 0.25) is 0 Å². The van der Waals surface area contributed by atoms with Gasteiger partial charge in [-0.1, -0.05) is 20.3 Å². The van der Waals surface area contributed by atoms with Crippen molar-refractivity contribution in [2.45, 2.75) is 71.1 Å². The van der Waals surface area contributed by atoms with E-state index in [4.69, 9.17) is 4.74 Å². The number of aliphatic hydroxyl groups is 1. The summed E-state index contributed by atoms with van der Waals surface area (Å²) in [4.78, 5) is 2.58. The molecule has 1 heterocycles. The van der Waals surface area contributed by atoms with Crippen LogP contribution in [0.1, 0.15) is 53.4 Å². The predicted octanol–water partition coefficient (Wildman–Crippen LogP) is 2.02. The monoisotopic (exact) mass is 286 g/mol. The van der Waals surface area contributed by atoms with E-state index < -0.39 is 0 Å². The van der Waals surface area contributed by atoms with Crippen molar-refractivity contribution in [3.05, 3.63) is 0 Å². The first-order valence-electron chi connectivity index (χ1n) is 8.26. The van der Waals surface area contributed by atoms with E-state index in [9.17, 15) is 5.11 Å². The Labute approximate surface area is 124 Å². The SMILES string of the molecule is CCNC(C)(CO)CCCCN1CC(C)OCC1CC. The number of likely N-dealkylation sites (N-methyl/N-ethyl adjacent to an activating group) is 1. The Bertz CT molecular complexity index is 263. The highest BCUT2D eigenvalue weighted by Crippen LogP contribution is 2.17. The van der Waals surface area contributed by atoms with Crippen LogP contribution in [-0.4, -0.2) is 60.5 Å². The lowest BCUT2D eigenvalue weighted by Gasteiger charge is -2.38. The molecule has 2 N–H and O–H groups in total. The van der Waals surface area contributed by atoms with Crippen molar-refractivity contribution >= 4 is 0 Å². The van der Waals surface area contributed by atoms with E-state index in [0.29, 0.717) is 12.1 Å². The average molecular weight is 286 g/mol. The fourth-order valence-corrected chi connectivity index (χ4v) is 3.04. The van der Waals surface area contributed by atoms with Crippen LogP contribution in [0.4, 0.5) is 0 Å². The Kier molecular flexibility index (Phi) is 8.03. The van der Waals surface area contributed by atoms with Crippen molar-refractivity contribution in [2.75, 3.05) is 32.8 Å². The van der Waals surface area contributed by atoms with E-state index >= 15 is 0 Å². The Morgan fingerprint density at radius 2 is 2.10 bits per heavy atom. The minimum absolute atomic E-state index is 0.114. The summed E-state index contributed by atoms with van der Waals surface area (Å²) >= 11 is 0. The van der Waals surface area contributed by atoms with Crippen molar-refractivity contribution < 1.29 is 9.84 Å². The van der Waals surface area contributed by atoms with E-state index in [2.05, 4.69) is 37.9 Å². The molecule has 0 spiro atoms. The van der Waals surface area contributed by atoms with Crippen LogP contribution in [-0.2, 0) is 4.74 Å². The van der Waals surface area contributed by atoms with Gasteiger partial charge in [0.25, 0.3) is 0 Å². The highest BCUT2D eigenvalue weighted by atomic mass is 16.5. The zero-order chi connectivity index (χ0) is 15.0. The van der Waals surface area contributed by atoms with Crippen LogP contribution >= 0.6 is 0 Å². The van der Waals surface area contributed by atoms with Gasteiger partial charge in [-0.3, -0.25) is 4.90 Å². The van der Waals surface area contributed by atoms with Crippen LogP contribution in [0.3, 0.4) is 0 Å². The maximum atomic E-state index is 9.49. The number of aliphatic hydroxyl groups excluding tert-OH is 1. The highest BCUT2D eigenvalue weighted by Gasteiger charge is 2.25. The number of morpholine rings is 1. The van der Waals surface area contributed by atoms with Gasteiger partial charge in [-0.05, 0) is 46.2 Å². The first-order valence-corrected chi connectivity index (χ1v) is 8.26. The molecule has 1 saturated heterocycles. The van der Waals surface area contributed by atoms with E-state index in [-0.39, 0.29) is 12.1 Å². The second-order valence-electron chi connectivity index (χ2n) is 6.41. The minimum Gasteiger partial charge on any atom is -0.394 e. The third-order valence-electron chi connectivity index (χ3n) is 4.43. The molecule has 0 aliphatic carbocycles. The van der Waals surface area contributed by atoms with Crippen molar-refractivity contribution in [2.24, 2.45) is 0 Å². The van der Waals surface area contributed by atoms with Gasteiger partial charge in [0.1, 0.15) is 0 Å². The summed E-state index contributed by atoms with van der Waals surface area (Å²) in [5.74, 6) is 0. The highest BCUT2D eigenvalue weighted by molar-refractivity contribution is 4.82. The standard InChI is InChI=1S/C16H34N2O2/c1-5-15-12-20-14(3)11-18(15)10-8-7-9-16(4,13-19)17-6-2/h14-15,17,19H,5-13H2,1-4H3. The molecule has 120 valence electrons. The quantitative estimate of drug-likeness (QED) is 0.637. The number of hydrogen-bond acceptors (Lipinski definition) is 4. The van der Waals surface area contributed by atoms with Gasteiger partial charge < -0.3 is 15.2 Å². The molecule has 1 aliphatic rings. The summed E-state index contributed by atoms with van der Waals surface area (Å²) in [6.45, 7) is 12.8. The lowest BCUT2D eigenvalue weighted by molar-refractivity contribution is -0.0562. The third-order valence-corrected chi connectivity index (χ3v) is 4.43. The molecule has 3 unspecified atom stereocenters. The van der Waals surface area contributed by atoms with Crippen molar-refractivity contribution in [3.8, 4) is 0 Å². The van der Waals surface area contributed by atoms with E-state index in [0.717, 1.165) is 39.1 Å². The summed E-state index contributed by atoms with van der Waals surface area (Å²) in [5.41, 5.74) is -0.114. The largest absolute Gasteiger partial charge is 0.394 e. The van der Waals surface area contributed by atoms with Crippen molar-refractivity contribution in [1.82, 2.24) is 10.2 Å². The number of nitrogens with zero attached hydrogens (tertiary/aromatic N) is 1. The molecule has 0 aromatic rings. The van der Waals surface area contributed by atoms with Crippen LogP contribution in [0.5, 0.6) is 0 Å². The summed E-state index contributed by atoms with van der Waals surface area (Å²) in [5, 5.41) is 12.9. The molecular formula is C16H34N2O2. The molecule has 0 aromatic heterocycles. The average Bonchev–Trinajstić information content (AvgIpc) is 2.44. The number of hydrogen-bond donors (Lipinski definition) is 2. The van der Waals surface area contributed by atoms with Crippen molar-refractivity contribution in [1.29, 1.82) is 0 Å². The van der Waals surface area contributed by atoms with Crippen LogP contribution in [0.2, 0.25) is 0 Å². The Balaban J connectivity index is 2.28. The second-order valence-corrected chi connectivity index (χ2v) is 6.41.